The van der Waals surface area contributed by atoms with E-state index in [0.717, 1.165) is 47.2 Å². The summed E-state index contributed by atoms with van der Waals surface area (Å²) in [6.07, 6.45) is 2.99. The van der Waals surface area contributed by atoms with Crippen molar-refractivity contribution in [1.82, 2.24) is 14.8 Å². The highest BCUT2D eigenvalue weighted by Crippen LogP contribution is 2.25. The van der Waals surface area contributed by atoms with Crippen molar-refractivity contribution in [3.05, 3.63) is 63.6 Å². The number of rotatable bonds is 3. The summed E-state index contributed by atoms with van der Waals surface area (Å²) in [5.41, 5.74) is 4.25. The van der Waals surface area contributed by atoms with Crippen molar-refractivity contribution in [3.63, 3.8) is 0 Å². The molecule has 3 heterocycles. The third kappa shape index (κ3) is 2.90. The van der Waals surface area contributed by atoms with Gasteiger partial charge in [0.2, 0.25) is 0 Å². The summed E-state index contributed by atoms with van der Waals surface area (Å²) in [7, 11) is 0. The van der Waals surface area contributed by atoms with Crippen LogP contribution in [-0.2, 0) is 17.6 Å². The van der Waals surface area contributed by atoms with Crippen molar-refractivity contribution in [2.24, 2.45) is 0 Å². The lowest BCUT2D eigenvalue weighted by Gasteiger charge is -2.21. The number of pyridine rings is 1. The Kier molecular flexibility index (Phi) is 3.93. The average molecular weight is 362 g/mol. The van der Waals surface area contributed by atoms with Gasteiger partial charge in [0.25, 0.3) is 5.56 Å². The first kappa shape index (κ1) is 16.4. The van der Waals surface area contributed by atoms with Crippen LogP contribution in [0.1, 0.15) is 29.3 Å². The van der Waals surface area contributed by atoms with E-state index in [4.69, 9.17) is 9.72 Å². The maximum absolute atomic E-state index is 12.6. The second-order valence-electron chi connectivity index (χ2n) is 7.45. The fourth-order valence-corrected chi connectivity index (χ4v) is 4.19. The Labute approximate surface area is 157 Å². The lowest BCUT2D eigenvalue weighted by atomic mass is 10.1. The third-order valence-electron chi connectivity index (χ3n) is 5.60. The van der Waals surface area contributed by atoms with E-state index in [1.165, 1.54) is 5.56 Å². The Hall–Kier alpha value is -2.73. The predicted molar refractivity (Wildman–Crippen MR) is 104 cm³/mol. The summed E-state index contributed by atoms with van der Waals surface area (Å²) in [6, 6.07) is 11.8. The number of fused-ring (bicyclic) bond motifs is 2. The van der Waals surface area contributed by atoms with Crippen LogP contribution in [0.25, 0.3) is 10.9 Å². The van der Waals surface area contributed by atoms with Gasteiger partial charge < -0.3 is 10.1 Å². The zero-order chi connectivity index (χ0) is 18.4. The molecule has 2 unspecified atom stereocenters. The van der Waals surface area contributed by atoms with Gasteiger partial charge in [0.1, 0.15) is 11.9 Å². The standard InChI is InChI=1S/C21H22N4O2/c1-13-9-20(22-17-7-3-2-6-15(13)17)23-18-11-27-12-19(18)25-21(26)10-14-5-4-8-16(14)24-25/h2-3,6-7,9-10,18-19H,4-5,8,11-12H2,1H3,(H,22,23). The Morgan fingerprint density at radius 3 is 3.00 bits per heavy atom. The average Bonchev–Trinajstić information content (AvgIpc) is 3.30. The monoisotopic (exact) mass is 362 g/mol. The molecule has 0 amide bonds. The van der Waals surface area contributed by atoms with E-state index in [2.05, 4.69) is 29.5 Å². The van der Waals surface area contributed by atoms with Crippen LogP contribution in [0, 0.1) is 6.92 Å². The normalized spacial score (nSPS) is 21.5. The number of nitrogens with zero attached hydrogens (tertiary/aromatic N) is 3. The second-order valence-corrected chi connectivity index (χ2v) is 7.45. The number of aromatic nitrogens is 3. The predicted octanol–water partition coefficient (Wildman–Crippen LogP) is 2.64. The summed E-state index contributed by atoms with van der Waals surface area (Å²) in [5.74, 6) is 0.806. The number of aryl methyl sites for hydroxylation is 3. The van der Waals surface area contributed by atoms with Gasteiger partial charge in [0, 0.05) is 11.5 Å². The number of nitrogens with one attached hydrogen (secondary N) is 1. The van der Waals surface area contributed by atoms with Gasteiger partial charge in [-0.2, -0.15) is 5.10 Å². The molecule has 5 rings (SSSR count). The molecule has 2 aliphatic rings. The maximum atomic E-state index is 12.6. The highest BCUT2D eigenvalue weighted by Gasteiger charge is 2.32. The Bertz CT molecular complexity index is 1080. The number of para-hydroxylation sites is 1. The van der Waals surface area contributed by atoms with Crippen LogP contribution < -0.4 is 10.9 Å². The lowest BCUT2D eigenvalue weighted by molar-refractivity contribution is 0.182. The van der Waals surface area contributed by atoms with E-state index in [-0.39, 0.29) is 17.6 Å². The molecule has 138 valence electrons. The van der Waals surface area contributed by atoms with Gasteiger partial charge in [-0.05, 0) is 49.4 Å². The quantitative estimate of drug-likeness (QED) is 0.776. The zero-order valence-electron chi connectivity index (χ0n) is 15.3. The van der Waals surface area contributed by atoms with E-state index in [9.17, 15) is 4.79 Å². The van der Waals surface area contributed by atoms with Crippen LogP contribution in [0.5, 0.6) is 0 Å². The molecule has 1 aliphatic heterocycles. The van der Waals surface area contributed by atoms with E-state index in [0.29, 0.717) is 13.2 Å². The maximum Gasteiger partial charge on any atom is 0.267 e. The number of hydrogen-bond donors (Lipinski definition) is 1. The minimum atomic E-state index is -0.128. The summed E-state index contributed by atoms with van der Waals surface area (Å²) in [4.78, 5) is 17.3. The number of ether oxygens (including phenoxy) is 1. The number of benzene rings is 1. The first-order valence-corrected chi connectivity index (χ1v) is 9.51. The van der Waals surface area contributed by atoms with Crippen molar-refractivity contribution in [1.29, 1.82) is 0 Å². The molecule has 0 radical (unpaired) electrons. The van der Waals surface area contributed by atoms with Gasteiger partial charge in [-0.25, -0.2) is 9.67 Å². The number of anilines is 1. The van der Waals surface area contributed by atoms with E-state index < -0.39 is 0 Å². The molecule has 1 saturated heterocycles. The van der Waals surface area contributed by atoms with Crippen molar-refractivity contribution in [2.45, 2.75) is 38.3 Å². The van der Waals surface area contributed by atoms with Gasteiger partial charge in [-0.3, -0.25) is 4.79 Å². The molecule has 1 N–H and O–H groups in total. The molecular formula is C21H22N4O2. The van der Waals surface area contributed by atoms with Crippen molar-refractivity contribution < 1.29 is 4.74 Å². The van der Waals surface area contributed by atoms with E-state index in [1.54, 1.807) is 10.7 Å². The van der Waals surface area contributed by atoms with Crippen molar-refractivity contribution >= 4 is 16.7 Å². The van der Waals surface area contributed by atoms with Gasteiger partial charge >= 0.3 is 0 Å². The van der Waals surface area contributed by atoms with Crippen LogP contribution in [-0.4, -0.2) is 34.0 Å². The molecule has 27 heavy (non-hydrogen) atoms. The molecule has 2 atom stereocenters. The SMILES string of the molecule is Cc1cc(NC2COCC2n2nc3c(cc2=O)CCC3)nc2ccccc12. The molecule has 0 bridgehead atoms. The molecule has 1 fully saturated rings. The Morgan fingerprint density at radius 2 is 2.07 bits per heavy atom. The summed E-state index contributed by atoms with van der Waals surface area (Å²) < 4.78 is 7.31. The number of hydrogen-bond acceptors (Lipinski definition) is 5. The van der Waals surface area contributed by atoms with Gasteiger partial charge in [0.15, 0.2) is 0 Å². The largest absolute Gasteiger partial charge is 0.377 e. The fourth-order valence-electron chi connectivity index (χ4n) is 4.19. The first-order valence-electron chi connectivity index (χ1n) is 9.51. The van der Waals surface area contributed by atoms with Crippen LogP contribution in [0.3, 0.4) is 0 Å². The third-order valence-corrected chi connectivity index (χ3v) is 5.60. The smallest absolute Gasteiger partial charge is 0.267 e. The molecule has 6 nitrogen and oxygen atoms in total. The Balaban J connectivity index is 1.46. The minimum Gasteiger partial charge on any atom is -0.377 e. The van der Waals surface area contributed by atoms with Gasteiger partial charge in [-0.15, -0.1) is 0 Å². The fraction of sp³-hybridized carbons (Fsp3) is 0.381. The molecule has 6 heteroatoms. The summed E-state index contributed by atoms with van der Waals surface area (Å²) in [6.45, 7) is 3.10. The van der Waals surface area contributed by atoms with Crippen molar-refractivity contribution in [2.75, 3.05) is 18.5 Å². The van der Waals surface area contributed by atoms with E-state index in [1.807, 2.05) is 18.2 Å². The Morgan fingerprint density at radius 1 is 1.19 bits per heavy atom. The highest BCUT2D eigenvalue weighted by atomic mass is 16.5. The lowest BCUT2D eigenvalue weighted by Crippen LogP contribution is -2.38. The molecule has 1 aliphatic carbocycles. The van der Waals surface area contributed by atoms with Gasteiger partial charge in [0.05, 0.1) is 30.5 Å². The van der Waals surface area contributed by atoms with Crippen LogP contribution in [0.4, 0.5) is 5.82 Å². The van der Waals surface area contributed by atoms with Crippen LogP contribution >= 0.6 is 0 Å². The first-order chi connectivity index (χ1) is 13.2. The molecule has 2 aromatic heterocycles. The summed E-state index contributed by atoms with van der Waals surface area (Å²) in [5, 5.41) is 9.29. The van der Waals surface area contributed by atoms with Crippen LogP contribution in [0.15, 0.2) is 41.2 Å². The molecule has 3 aromatic rings. The minimum absolute atomic E-state index is 0.0392. The molecule has 0 saturated carbocycles. The summed E-state index contributed by atoms with van der Waals surface area (Å²) >= 11 is 0. The van der Waals surface area contributed by atoms with Crippen LogP contribution in [0.2, 0.25) is 0 Å². The highest BCUT2D eigenvalue weighted by molar-refractivity contribution is 5.83. The topological polar surface area (TPSA) is 69.0 Å². The molecule has 1 aromatic carbocycles. The molecule has 0 spiro atoms. The zero-order valence-corrected chi connectivity index (χ0v) is 15.3. The van der Waals surface area contributed by atoms with Crippen molar-refractivity contribution in [3.8, 4) is 0 Å². The molecular weight excluding hydrogens is 340 g/mol. The van der Waals surface area contributed by atoms with E-state index >= 15 is 0 Å². The second kappa shape index (κ2) is 6.46. The van der Waals surface area contributed by atoms with Gasteiger partial charge in [-0.1, -0.05) is 18.2 Å².